The zero-order chi connectivity index (χ0) is 46.8. The van der Waals surface area contributed by atoms with Crippen molar-refractivity contribution >= 4 is 57.9 Å². The van der Waals surface area contributed by atoms with Gasteiger partial charge < -0.3 is 48.9 Å². The molecule has 0 saturated carbocycles. The number of quaternary nitrogens is 2. The molecule has 21 nitrogen and oxygen atoms in total. The van der Waals surface area contributed by atoms with Crippen molar-refractivity contribution in [1.82, 2.24) is 24.6 Å². The van der Waals surface area contributed by atoms with E-state index in [0.29, 0.717) is 5.56 Å². The highest BCUT2D eigenvalue weighted by atomic mass is 35.5. The van der Waals surface area contributed by atoms with Gasteiger partial charge in [0.05, 0.1) is 58.3 Å². The highest BCUT2D eigenvalue weighted by Crippen LogP contribution is 2.66. The number of aliphatic hydroxyl groups is 1. The fourth-order valence-electron chi connectivity index (χ4n) is 5.95. The number of carbonyl (C=O) groups is 1. The van der Waals surface area contributed by atoms with Crippen LogP contribution in [0.5, 0.6) is 5.75 Å². The number of phosphoric acid groups is 2. The Morgan fingerprint density at radius 3 is 2.05 bits per heavy atom. The second kappa shape index (κ2) is 26.0. The average Bonchev–Trinajstić information content (AvgIpc) is 3.83. The lowest BCUT2D eigenvalue weighted by Gasteiger charge is -2.28. The highest BCUT2D eigenvalue weighted by Gasteiger charge is 2.44. The van der Waals surface area contributed by atoms with Gasteiger partial charge in [-0.05, 0) is 77.8 Å². The van der Waals surface area contributed by atoms with Gasteiger partial charge in [-0.3, -0.25) is 13.9 Å². The summed E-state index contributed by atoms with van der Waals surface area (Å²) in [7, 11) is -16.7. The monoisotopic (exact) mass is 965 g/mol. The molecule has 0 aliphatic carbocycles. The molecule has 0 radical (unpaired) electrons. The summed E-state index contributed by atoms with van der Waals surface area (Å²) in [6.45, 7) is 21.1. The van der Waals surface area contributed by atoms with Gasteiger partial charge in [0, 0.05) is 6.42 Å². The van der Waals surface area contributed by atoms with Crippen LogP contribution < -0.4 is 30.0 Å². The summed E-state index contributed by atoms with van der Waals surface area (Å²) in [4.78, 5) is 50.9. The predicted molar refractivity (Wildman–Crippen MR) is 234 cm³/mol. The molecular weight excluding hydrogens is 905 g/mol. The third kappa shape index (κ3) is 17.9. The number of benzene rings is 2. The minimum atomic E-state index is -5.84. The smallest absolute Gasteiger partial charge is 0.487 e. The van der Waals surface area contributed by atoms with Gasteiger partial charge in [-0.25, -0.2) is 18.4 Å². The van der Waals surface area contributed by atoms with Gasteiger partial charge in [0.25, 0.3) is 7.82 Å². The van der Waals surface area contributed by atoms with E-state index in [2.05, 4.69) is 65.9 Å². The quantitative estimate of drug-likeness (QED) is 0.0398. The molecule has 2 aromatic heterocycles. The first-order chi connectivity index (χ1) is 29.8. The number of fused-ring (bicyclic) bond motifs is 1. The van der Waals surface area contributed by atoms with Crippen molar-refractivity contribution in [2.24, 2.45) is 0 Å². The van der Waals surface area contributed by atoms with Gasteiger partial charge in [-0.1, -0.05) is 48.5 Å². The van der Waals surface area contributed by atoms with Crippen LogP contribution >= 0.6 is 35.0 Å². The first-order valence-corrected chi connectivity index (χ1v) is 25.4. The fourth-order valence-corrected chi connectivity index (χ4v) is 10.5. The van der Waals surface area contributed by atoms with Crippen LogP contribution in [0.4, 0.5) is 5.82 Å². The Labute approximate surface area is 373 Å². The van der Waals surface area contributed by atoms with E-state index >= 15 is 0 Å². The van der Waals surface area contributed by atoms with Gasteiger partial charge >= 0.3 is 21.5 Å². The second-order valence-corrected chi connectivity index (χ2v) is 19.1. The third-order valence-corrected chi connectivity index (χ3v) is 14.7. The number of hydrogen-bond acceptors (Lipinski definition) is 16. The predicted octanol–water partition coefficient (Wildman–Crippen LogP) is 3.10. The van der Waals surface area contributed by atoms with Gasteiger partial charge in [-0.2, -0.15) is 19.4 Å². The lowest BCUT2D eigenvalue weighted by Crippen LogP contribution is -3.11. The zero-order valence-electron chi connectivity index (χ0n) is 36.5. The number of nitrogens with zero attached hydrogens (tertiary/aromatic N) is 4. The normalized spacial score (nSPS) is 19.5. The zero-order valence-corrected chi connectivity index (χ0v) is 39.9. The summed E-state index contributed by atoms with van der Waals surface area (Å²) >= 11 is 5.89. The Morgan fingerprint density at radius 2 is 1.51 bits per heavy atom. The van der Waals surface area contributed by atoms with E-state index in [0.717, 1.165) is 0 Å². The number of rotatable bonds is 21. The van der Waals surface area contributed by atoms with E-state index < -0.39 is 60.4 Å². The topological polar surface area (TPSA) is 278 Å². The summed E-state index contributed by atoms with van der Waals surface area (Å²) in [6.07, 6.45) is -2.28. The first-order valence-electron chi connectivity index (χ1n) is 20.5. The van der Waals surface area contributed by atoms with Crippen molar-refractivity contribution in [2.75, 3.05) is 51.6 Å². The molecule has 0 bridgehead atoms. The Bertz CT molecular complexity index is 2120. The molecule has 0 amide bonds. The van der Waals surface area contributed by atoms with Crippen LogP contribution in [0.15, 0.2) is 67.0 Å². The molecule has 0 spiro atoms. The maximum absolute atomic E-state index is 13.7. The lowest BCUT2D eigenvalue weighted by molar-refractivity contribution is -0.894. The van der Waals surface area contributed by atoms with Gasteiger partial charge in [-0.15, -0.1) is 0 Å². The van der Waals surface area contributed by atoms with Crippen LogP contribution in [0.2, 0.25) is 5.28 Å². The minimum absolute atomic E-state index is 0.00126. The Morgan fingerprint density at radius 1 is 0.952 bits per heavy atom. The van der Waals surface area contributed by atoms with Crippen molar-refractivity contribution in [3.63, 3.8) is 0 Å². The second-order valence-electron chi connectivity index (χ2n) is 14.0. The molecule has 3 unspecified atom stereocenters. The summed E-state index contributed by atoms with van der Waals surface area (Å²) in [5.74, 6) is -1.10. The van der Waals surface area contributed by atoms with Gasteiger partial charge in [0.1, 0.15) is 36.2 Å². The Hall–Kier alpha value is -3.36. The Balaban J connectivity index is 0.000000650. The standard InChI is InChI=1S/C26H30ClN6O13P3.2C6H15N/c1-16(25(35)41-13-17-8-4-2-5-9-17)32-47(36,44-18-10-6-3-7-11-18)45-49(39,40)46-48(37,38)42-14-20-19(34)12-21(43-20)33-15-29-22-23(28)30-26(27)31-24(22)33;2*1-4-7(5-2)6-3/h2-11,15-16,19-21,34H,12-14H2,1H3,(H,32,36)(H,37,38)(H,39,40)(H2,28,30,31);2*4-6H2,1-3H3/p+1/t16-,19-,20+,21+,47?;;/m0../s1. The average molecular weight is 966 g/mol. The summed E-state index contributed by atoms with van der Waals surface area (Å²) in [5, 5.41) is 12.5. The number of aliphatic hydroxyl groups excluding tert-OH is 1. The minimum Gasteiger partial charge on any atom is -0.756 e. The summed E-state index contributed by atoms with van der Waals surface area (Å²) in [6, 6.07) is 14.3. The van der Waals surface area contributed by atoms with E-state index in [-0.39, 0.29) is 41.0 Å². The van der Waals surface area contributed by atoms with Gasteiger partial charge in [0.15, 0.2) is 11.5 Å². The number of anilines is 1. The number of nitrogen functional groups attached to an aromatic ring is 1. The molecule has 25 heteroatoms. The molecule has 5 rings (SSSR count). The SMILES string of the molecule is CC[NH+](CC)CC.CC[NH+](CC)CC.C[C@H](NP(=O)(Oc1ccccc1)OP(=O)(O)OP(=O)([O-])OC[C@H]1O[C@@H](n2cnc3c(N)nc(Cl)nc32)C[C@@H]1O)C(=O)OCc1ccccc1. The number of para-hydroxylation sites is 1. The van der Waals surface area contributed by atoms with E-state index in [4.69, 9.17) is 40.2 Å². The number of ether oxygens (including phenoxy) is 2. The van der Waals surface area contributed by atoms with Crippen molar-refractivity contribution < 1.29 is 70.3 Å². The van der Waals surface area contributed by atoms with Crippen molar-refractivity contribution in [3.05, 3.63) is 77.8 Å². The van der Waals surface area contributed by atoms with E-state index in [9.17, 15) is 33.4 Å². The number of carbonyl (C=O) groups excluding carboxylic acids is 1. The van der Waals surface area contributed by atoms with Crippen molar-refractivity contribution in [1.29, 1.82) is 0 Å². The van der Waals surface area contributed by atoms with E-state index in [1.165, 1.54) is 81.4 Å². The molecule has 4 aromatic rings. The summed E-state index contributed by atoms with van der Waals surface area (Å²) in [5.41, 5.74) is 6.85. The number of aromatic nitrogens is 4. The largest absolute Gasteiger partial charge is 0.756 e. The number of esters is 1. The van der Waals surface area contributed by atoms with E-state index in [1.807, 2.05) is 0 Å². The number of hydrogen-bond donors (Lipinski definition) is 6. The molecule has 1 fully saturated rings. The van der Waals surface area contributed by atoms with Crippen LogP contribution in [0, 0.1) is 0 Å². The number of nitrogens with one attached hydrogen (secondary N) is 3. The maximum atomic E-state index is 13.7. The molecule has 1 saturated heterocycles. The number of halogens is 1. The number of nitrogens with two attached hydrogens (primary N) is 1. The van der Waals surface area contributed by atoms with Gasteiger partial charge in [0.2, 0.25) is 5.28 Å². The van der Waals surface area contributed by atoms with E-state index in [1.54, 1.807) is 46.2 Å². The molecule has 1 aliphatic rings. The molecule has 352 valence electrons. The molecule has 7 atom stereocenters. The molecule has 2 aromatic carbocycles. The van der Waals surface area contributed by atoms with Crippen LogP contribution in [0.3, 0.4) is 0 Å². The van der Waals surface area contributed by atoms with Crippen LogP contribution in [0.25, 0.3) is 11.2 Å². The van der Waals surface area contributed by atoms with Crippen LogP contribution in [-0.2, 0) is 47.7 Å². The van der Waals surface area contributed by atoms with Crippen molar-refractivity contribution in [2.45, 2.75) is 86.0 Å². The molecule has 3 heterocycles. The lowest BCUT2D eigenvalue weighted by atomic mass is 10.2. The van der Waals surface area contributed by atoms with Crippen molar-refractivity contribution in [3.8, 4) is 5.75 Å². The number of phosphoric ester groups is 1. The third-order valence-electron chi connectivity index (χ3n) is 9.64. The molecule has 63 heavy (non-hydrogen) atoms. The fraction of sp³-hybridized carbons (Fsp3) is 0.526. The summed E-state index contributed by atoms with van der Waals surface area (Å²) < 4.78 is 70.3. The van der Waals surface area contributed by atoms with Crippen LogP contribution in [0.1, 0.15) is 66.7 Å². The molecule has 7 N–H and O–H groups in total. The van der Waals surface area contributed by atoms with Crippen LogP contribution in [-0.4, -0.2) is 99.6 Å². The molecular formula is C38H61ClN8O13P3+. The number of imidazole rings is 1. The Kier molecular flexibility index (Phi) is 22.2. The highest BCUT2D eigenvalue weighted by molar-refractivity contribution is 7.67. The molecule has 1 aliphatic heterocycles. The first kappa shape index (κ1) is 54.0. The maximum Gasteiger partial charge on any atom is 0.487 e.